The second-order valence-corrected chi connectivity index (χ2v) is 5.22. The highest BCUT2D eigenvalue weighted by Gasteiger charge is 2.30. The van der Waals surface area contributed by atoms with Crippen molar-refractivity contribution in [1.29, 1.82) is 0 Å². The molecular formula is C16H13ClF3NO2. The van der Waals surface area contributed by atoms with Crippen molar-refractivity contribution >= 4 is 23.2 Å². The van der Waals surface area contributed by atoms with E-state index in [0.29, 0.717) is 10.8 Å². The fourth-order valence-corrected chi connectivity index (χ4v) is 2.00. The molecule has 23 heavy (non-hydrogen) atoms. The van der Waals surface area contributed by atoms with E-state index in [1.54, 1.807) is 18.2 Å². The first kappa shape index (κ1) is 17.1. The van der Waals surface area contributed by atoms with Crippen LogP contribution in [0.15, 0.2) is 48.5 Å². The number of alkyl halides is 3. The number of carbonyl (C=O) groups is 1. The molecule has 0 spiro atoms. The fourth-order valence-electron chi connectivity index (χ4n) is 1.82. The van der Waals surface area contributed by atoms with E-state index in [1.165, 1.54) is 25.1 Å². The smallest absolute Gasteiger partial charge is 0.416 e. The first-order valence-corrected chi connectivity index (χ1v) is 7.04. The van der Waals surface area contributed by atoms with Crippen molar-refractivity contribution < 1.29 is 22.7 Å². The minimum atomic E-state index is -4.47. The average molecular weight is 344 g/mol. The van der Waals surface area contributed by atoms with Gasteiger partial charge in [-0.2, -0.15) is 13.2 Å². The van der Waals surface area contributed by atoms with Gasteiger partial charge >= 0.3 is 6.18 Å². The standard InChI is InChI=1S/C16H13ClF3NO2/c1-10(23-14-7-3-5-12(17)9-14)15(22)21-13-6-2-4-11(8-13)16(18,19)20/h2-10H,1H3,(H,21,22)/t10-/m0/s1. The molecule has 7 heteroatoms. The third-order valence-electron chi connectivity index (χ3n) is 2.94. The van der Waals surface area contributed by atoms with Crippen molar-refractivity contribution in [2.24, 2.45) is 0 Å². The molecule has 0 bridgehead atoms. The molecule has 122 valence electrons. The first-order chi connectivity index (χ1) is 10.8. The molecule has 2 aromatic carbocycles. The van der Waals surface area contributed by atoms with E-state index in [-0.39, 0.29) is 5.69 Å². The number of benzene rings is 2. The molecule has 0 aliphatic rings. The van der Waals surface area contributed by atoms with Gasteiger partial charge in [0.25, 0.3) is 5.91 Å². The zero-order chi connectivity index (χ0) is 17.0. The number of ether oxygens (including phenoxy) is 1. The Morgan fingerprint density at radius 3 is 2.52 bits per heavy atom. The van der Waals surface area contributed by atoms with Gasteiger partial charge in [-0.3, -0.25) is 4.79 Å². The van der Waals surface area contributed by atoms with Crippen LogP contribution in [0.4, 0.5) is 18.9 Å². The Labute approximate surface area is 136 Å². The summed E-state index contributed by atoms with van der Waals surface area (Å²) in [4.78, 5) is 12.0. The highest BCUT2D eigenvalue weighted by Crippen LogP contribution is 2.30. The SMILES string of the molecule is C[C@H](Oc1cccc(Cl)c1)C(=O)Nc1cccc(C(F)(F)F)c1. The van der Waals surface area contributed by atoms with E-state index < -0.39 is 23.8 Å². The van der Waals surface area contributed by atoms with Crippen molar-refractivity contribution in [3.63, 3.8) is 0 Å². The number of hydrogen-bond donors (Lipinski definition) is 1. The molecule has 0 radical (unpaired) electrons. The topological polar surface area (TPSA) is 38.3 Å². The van der Waals surface area contributed by atoms with Gasteiger partial charge < -0.3 is 10.1 Å². The summed E-state index contributed by atoms with van der Waals surface area (Å²) >= 11 is 5.81. The van der Waals surface area contributed by atoms with E-state index in [4.69, 9.17) is 16.3 Å². The number of nitrogens with one attached hydrogen (secondary N) is 1. The third-order valence-corrected chi connectivity index (χ3v) is 3.17. The lowest BCUT2D eigenvalue weighted by atomic mass is 10.2. The Hall–Kier alpha value is -2.21. The molecule has 0 saturated heterocycles. The van der Waals surface area contributed by atoms with Gasteiger partial charge in [0, 0.05) is 10.7 Å². The average Bonchev–Trinajstić information content (AvgIpc) is 2.46. The van der Waals surface area contributed by atoms with Crippen LogP contribution in [0.5, 0.6) is 5.75 Å². The summed E-state index contributed by atoms with van der Waals surface area (Å²) < 4.78 is 43.3. The molecule has 1 atom stereocenters. The van der Waals surface area contributed by atoms with Crippen LogP contribution in [0.3, 0.4) is 0 Å². The molecule has 3 nitrogen and oxygen atoms in total. The van der Waals surface area contributed by atoms with Crippen LogP contribution in [0.25, 0.3) is 0 Å². The molecule has 1 amide bonds. The van der Waals surface area contributed by atoms with Crippen molar-refractivity contribution in [2.75, 3.05) is 5.32 Å². The maximum atomic E-state index is 12.6. The molecule has 0 aliphatic carbocycles. The Bertz CT molecular complexity index is 704. The van der Waals surface area contributed by atoms with Gasteiger partial charge in [0.05, 0.1) is 5.56 Å². The molecule has 0 saturated carbocycles. The molecular weight excluding hydrogens is 331 g/mol. The Balaban J connectivity index is 2.04. The lowest BCUT2D eigenvalue weighted by molar-refractivity contribution is -0.137. The predicted molar refractivity (Wildman–Crippen MR) is 81.6 cm³/mol. The molecule has 0 fully saturated rings. The Morgan fingerprint density at radius 1 is 1.17 bits per heavy atom. The summed E-state index contributed by atoms with van der Waals surface area (Å²) in [6, 6.07) is 10.9. The van der Waals surface area contributed by atoms with Crippen LogP contribution in [0.1, 0.15) is 12.5 Å². The van der Waals surface area contributed by atoms with Crippen LogP contribution >= 0.6 is 11.6 Å². The molecule has 0 aliphatic heterocycles. The zero-order valence-electron chi connectivity index (χ0n) is 12.0. The van der Waals surface area contributed by atoms with E-state index in [9.17, 15) is 18.0 Å². The monoisotopic (exact) mass is 343 g/mol. The predicted octanol–water partition coefficient (Wildman–Crippen LogP) is 4.76. The normalized spacial score (nSPS) is 12.6. The molecule has 0 aromatic heterocycles. The largest absolute Gasteiger partial charge is 0.481 e. The van der Waals surface area contributed by atoms with Gasteiger partial charge in [-0.1, -0.05) is 23.7 Å². The van der Waals surface area contributed by atoms with Gasteiger partial charge in [0.2, 0.25) is 0 Å². The molecule has 2 rings (SSSR count). The third kappa shape index (κ3) is 4.89. The Kier molecular flexibility index (Phi) is 5.15. The number of rotatable bonds is 4. The summed E-state index contributed by atoms with van der Waals surface area (Å²) in [5.74, 6) is -0.173. The summed E-state index contributed by atoms with van der Waals surface area (Å²) in [7, 11) is 0. The minimum Gasteiger partial charge on any atom is -0.481 e. The van der Waals surface area contributed by atoms with E-state index >= 15 is 0 Å². The van der Waals surface area contributed by atoms with E-state index in [2.05, 4.69) is 5.32 Å². The summed E-state index contributed by atoms with van der Waals surface area (Å²) in [6.45, 7) is 1.49. The highest BCUT2D eigenvalue weighted by molar-refractivity contribution is 6.30. The maximum absolute atomic E-state index is 12.6. The molecule has 1 N–H and O–H groups in total. The summed E-state index contributed by atoms with van der Waals surface area (Å²) in [5.41, 5.74) is -0.787. The van der Waals surface area contributed by atoms with Gasteiger partial charge in [-0.15, -0.1) is 0 Å². The number of hydrogen-bond acceptors (Lipinski definition) is 2. The molecule has 0 unspecified atom stereocenters. The lowest BCUT2D eigenvalue weighted by Crippen LogP contribution is -2.30. The first-order valence-electron chi connectivity index (χ1n) is 6.66. The zero-order valence-corrected chi connectivity index (χ0v) is 12.8. The van der Waals surface area contributed by atoms with Gasteiger partial charge in [-0.05, 0) is 43.3 Å². The lowest BCUT2D eigenvalue weighted by Gasteiger charge is -2.15. The summed E-state index contributed by atoms with van der Waals surface area (Å²) in [5, 5.41) is 2.84. The van der Waals surface area contributed by atoms with E-state index in [0.717, 1.165) is 12.1 Å². The van der Waals surface area contributed by atoms with Gasteiger partial charge in [0.1, 0.15) is 5.75 Å². The van der Waals surface area contributed by atoms with Crippen LogP contribution in [-0.4, -0.2) is 12.0 Å². The van der Waals surface area contributed by atoms with Crippen molar-refractivity contribution in [1.82, 2.24) is 0 Å². The molecule has 0 heterocycles. The highest BCUT2D eigenvalue weighted by atomic mass is 35.5. The number of halogens is 4. The number of carbonyl (C=O) groups excluding carboxylic acids is 1. The number of anilines is 1. The van der Waals surface area contributed by atoms with Crippen LogP contribution in [-0.2, 0) is 11.0 Å². The van der Waals surface area contributed by atoms with Crippen LogP contribution < -0.4 is 10.1 Å². The minimum absolute atomic E-state index is 0.0476. The van der Waals surface area contributed by atoms with Crippen LogP contribution in [0, 0.1) is 0 Å². The van der Waals surface area contributed by atoms with Crippen molar-refractivity contribution in [3.8, 4) is 5.75 Å². The second-order valence-electron chi connectivity index (χ2n) is 4.79. The number of amides is 1. The van der Waals surface area contributed by atoms with Gasteiger partial charge in [0.15, 0.2) is 6.10 Å². The quantitative estimate of drug-likeness (QED) is 0.868. The Morgan fingerprint density at radius 2 is 1.87 bits per heavy atom. The second kappa shape index (κ2) is 6.91. The molecule has 2 aromatic rings. The van der Waals surface area contributed by atoms with Crippen molar-refractivity contribution in [3.05, 3.63) is 59.1 Å². The maximum Gasteiger partial charge on any atom is 0.416 e. The van der Waals surface area contributed by atoms with Crippen LogP contribution in [0.2, 0.25) is 5.02 Å². The van der Waals surface area contributed by atoms with Gasteiger partial charge in [-0.25, -0.2) is 0 Å². The summed E-state index contributed by atoms with van der Waals surface area (Å²) in [6.07, 6.45) is -5.37. The fraction of sp³-hybridized carbons (Fsp3) is 0.188. The van der Waals surface area contributed by atoms with Crippen molar-refractivity contribution in [2.45, 2.75) is 19.2 Å². The van der Waals surface area contributed by atoms with E-state index in [1.807, 2.05) is 0 Å².